The fourth-order valence-electron chi connectivity index (χ4n) is 2.98. The average Bonchev–Trinajstić information content (AvgIpc) is 3.05. The second kappa shape index (κ2) is 8.39. The number of carboxylic acid groups (broad SMARTS) is 1. The number of hydrogen-bond acceptors (Lipinski definition) is 3. The van der Waals surface area contributed by atoms with Crippen molar-refractivity contribution >= 4 is 12.0 Å². The van der Waals surface area contributed by atoms with E-state index in [1.165, 1.54) is 7.11 Å². The van der Waals surface area contributed by atoms with Gasteiger partial charge in [0.1, 0.15) is 0 Å². The summed E-state index contributed by atoms with van der Waals surface area (Å²) in [6.45, 7) is -1.03. The molecule has 2 rings (SSSR count). The number of ether oxygens (including phenoxy) is 1. The van der Waals surface area contributed by atoms with Crippen LogP contribution in [0.1, 0.15) is 5.56 Å². The zero-order valence-electron chi connectivity index (χ0n) is 14.2. The van der Waals surface area contributed by atoms with E-state index in [1.807, 2.05) is 30.3 Å². The number of aliphatic carboxylic acids is 1. The number of methoxy groups -OCH3 is 1. The molecule has 1 heterocycles. The fraction of sp³-hybridized carbons (Fsp3) is 0.529. The molecular formula is C17H21F3N2O4. The number of likely N-dealkylation sites (tertiary alicyclic amines) is 1. The molecule has 1 aromatic rings. The van der Waals surface area contributed by atoms with E-state index in [-0.39, 0.29) is 12.6 Å². The Kier molecular flexibility index (Phi) is 6.47. The standard InChI is InChI=1S/C17H21F3N2O4/c1-26-12(7-11-5-3-2-4-6-11)8-21-16(25)22-9-13(15(23)24)14(10-22)17(18,19)20/h2-6,12-14H,7-10H2,1H3,(H,21,25)(H,23,24)/t12?,13-,14-/m1/s1. The smallest absolute Gasteiger partial charge is 0.394 e. The van der Waals surface area contributed by atoms with Gasteiger partial charge in [-0.25, -0.2) is 4.79 Å². The Morgan fingerprint density at radius 3 is 2.46 bits per heavy atom. The minimum atomic E-state index is -4.67. The summed E-state index contributed by atoms with van der Waals surface area (Å²) in [5.41, 5.74) is 0.998. The van der Waals surface area contributed by atoms with Crippen molar-refractivity contribution in [3.63, 3.8) is 0 Å². The van der Waals surface area contributed by atoms with E-state index in [4.69, 9.17) is 9.84 Å². The first-order chi connectivity index (χ1) is 12.2. The summed E-state index contributed by atoms with van der Waals surface area (Å²) >= 11 is 0. The van der Waals surface area contributed by atoms with E-state index in [0.717, 1.165) is 10.5 Å². The molecule has 3 atom stereocenters. The third-order valence-corrected chi connectivity index (χ3v) is 4.47. The zero-order chi connectivity index (χ0) is 19.3. The largest absolute Gasteiger partial charge is 0.481 e. The van der Waals surface area contributed by atoms with Gasteiger partial charge in [0.15, 0.2) is 0 Å². The molecule has 2 amide bonds. The Bertz CT molecular complexity index is 624. The van der Waals surface area contributed by atoms with Crippen LogP contribution in [0.2, 0.25) is 0 Å². The lowest BCUT2D eigenvalue weighted by Crippen LogP contribution is -2.43. The number of carboxylic acids is 1. The van der Waals surface area contributed by atoms with Gasteiger partial charge in [0.25, 0.3) is 0 Å². The van der Waals surface area contributed by atoms with Crippen LogP contribution in [0.5, 0.6) is 0 Å². The quantitative estimate of drug-likeness (QED) is 0.800. The van der Waals surface area contributed by atoms with Crippen LogP contribution in [-0.2, 0) is 16.0 Å². The van der Waals surface area contributed by atoms with Crippen molar-refractivity contribution in [3.05, 3.63) is 35.9 Å². The lowest BCUT2D eigenvalue weighted by Gasteiger charge is -2.21. The number of hydrogen-bond donors (Lipinski definition) is 2. The Morgan fingerprint density at radius 2 is 1.96 bits per heavy atom. The minimum Gasteiger partial charge on any atom is -0.481 e. The fourth-order valence-corrected chi connectivity index (χ4v) is 2.98. The molecule has 2 N–H and O–H groups in total. The highest BCUT2D eigenvalue weighted by atomic mass is 19.4. The predicted molar refractivity (Wildman–Crippen MR) is 86.6 cm³/mol. The van der Waals surface area contributed by atoms with Gasteiger partial charge in [-0.1, -0.05) is 30.3 Å². The van der Waals surface area contributed by atoms with E-state index >= 15 is 0 Å². The van der Waals surface area contributed by atoms with Gasteiger partial charge in [-0.05, 0) is 5.56 Å². The third-order valence-electron chi connectivity index (χ3n) is 4.47. The maximum absolute atomic E-state index is 13.0. The van der Waals surface area contributed by atoms with Crippen molar-refractivity contribution in [3.8, 4) is 0 Å². The molecule has 9 heteroatoms. The molecule has 1 saturated heterocycles. The molecule has 0 radical (unpaired) electrons. The van der Waals surface area contributed by atoms with Crippen LogP contribution < -0.4 is 5.32 Å². The molecule has 144 valence electrons. The second-order valence-electron chi connectivity index (χ2n) is 6.23. The van der Waals surface area contributed by atoms with E-state index in [2.05, 4.69) is 5.32 Å². The number of carbonyl (C=O) groups excluding carboxylic acids is 1. The van der Waals surface area contributed by atoms with Gasteiger partial charge in [-0.2, -0.15) is 13.2 Å². The van der Waals surface area contributed by atoms with Gasteiger partial charge in [0, 0.05) is 33.2 Å². The normalized spacial score (nSPS) is 21.5. The van der Waals surface area contributed by atoms with Gasteiger partial charge in [-0.15, -0.1) is 0 Å². The number of rotatable bonds is 6. The first-order valence-electron chi connectivity index (χ1n) is 8.11. The number of urea groups is 1. The molecule has 26 heavy (non-hydrogen) atoms. The second-order valence-corrected chi connectivity index (χ2v) is 6.23. The summed E-state index contributed by atoms with van der Waals surface area (Å²) in [6, 6.07) is 8.69. The monoisotopic (exact) mass is 374 g/mol. The van der Waals surface area contributed by atoms with Gasteiger partial charge in [0.05, 0.1) is 17.9 Å². The summed E-state index contributed by atoms with van der Waals surface area (Å²) in [5, 5.41) is 11.5. The summed E-state index contributed by atoms with van der Waals surface area (Å²) < 4.78 is 44.2. The van der Waals surface area contributed by atoms with E-state index in [9.17, 15) is 22.8 Å². The van der Waals surface area contributed by atoms with Crippen LogP contribution in [0.15, 0.2) is 30.3 Å². The zero-order valence-corrected chi connectivity index (χ0v) is 14.2. The summed E-state index contributed by atoms with van der Waals surface area (Å²) in [6.07, 6.45) is -4.49. The molecule has 0 aromatic heterocycles. The maximum Gasteiger partial charge on any atom is 0.394 e. The number of benzene rings is 1. The number of nitrogens with one attached hydrogen (secondary N) is 1. The van der Waals surface area contributed by atoms with Crippen molar-refractivity contribution in [2.24, 2.45) is 11.8 Å². The number of halogens is 3. The van der Waals surface area contributed by atoms with Crippen LogP contribution in [0, 0.1) is 11.8 Å². The average molecular weight is 374 g/mol. The van der Waals surface area contributed by atoms with Crippen molar-refractivity contribution < 1.29 is 32.6 Å². The van der Waals surface area contributed by atoms with Gasteiger partial charge in [-0.3, -0.25) is 4.79 Å². The Balaban J connectivity index is 1.91. The molecule has 1 aromatic carbocycles. The topological polar surface area (TPSA) is 78.9 Å². The Morgan fingerprint density at radius 1 is 1.31 bits per heavy atom. The van der Waals surface area contributed by atoms with Crippen LogP contribution in [0.25, 0.3) is 0 Å². The first-order valence-corrected chi connectivity index (χ1v) is 8.11. The number of carbonyl (C=O) groups is 2. The first kappa shape index (κ1) is 20.0. The van der Waals surface area contributed by atoms with Crippen LogP contribution >= 0.6 is 0 Å². The molecule has 0 saturated carbocycles. The van der Waals surface area contributed by atoms with Crippen LogP contribution in [0.3, 0.4) is 0 Å². The van der Waals surface area contributed by atoms with Crippen molar-refractivity contribution in [1.82, 2.24) is 10.2 Å². The van der Waals surface area contributed by atoms with Crippen molar-refractivity contribution in [2.45, 2.75) is 18.7 Å². The molecule has 1 fully saturated rings. The summed E-state index contributed by atoms with van der Waals surface area (Å²) in [4.78, 5) is 24.1. The SMILES string of the molecule is COC(CNC(=O)N1C[C@@H](C(F)(F)F)[C@H](C(=O)O)C1)Cc1ccccc1. The lowest BCUT2D eigenvalue weighted by molar-refractivity contribution is -0.187. The highest BCUT2D eigenvalue weighted by molar-refractivity contribution is 5.77. The maximum atomic E-state index is 13.0. The van der Waals surface area contributed by atoms with Gasteiger partial charge in [0.2, 0.25) is 0 Å². The Hall–Kier alpha value is -2.29. The molecule has 0 spiro atoms. The van der Waals surface area contributed by atoms with E-state index in [1.54, 1.807) is 0 Å². The van der Waals surface area contributed by atoms with E-state index < -0.39 is 43.1 Å². The van der Waals surface area contributed by atoms with E-state index in [0.29, 0.717) is 6.42 Å². The molecule has 0 aliphatic carbocycles. The molecule has 1 unspecified atom stereocenters. The number of alkyl halides is 3. The minimum absolute atomic E-state index is 0.106. The van der Waals surface area contributed by atoms with Crippen molar-refractivity contribution in [2.75, 3.05) is 26.7 Å². The molecule has 1 aliphatic rings. The lowest BCUT2D eigenvalue weighted by atomic mass is 9.96. The highest BCUT2D eigenvalue weighted by Gasteiger charge is 2.53. The molecule has 0 bridgehead atoms. The third kappa shape index (κ3) is 5.10. The summed E-state index contributed by atoms with van der Waals surface area (Å²) in [7, 11) is 1.48. The molecule has 1 aliphatic heterocycles. The predicted octanol–water partition coefficient (Wildman–Crippen LogP) is 2.15. The number of amides is 2. The number of nitrogens with zero attached hydrogens (tertiary/aromatic N) is 1. The van der Waals surface area contributed by atoms with Crippen molar-refractivity contribution in [1.29, 1.82) is 0 Å². The summed E-state index contributed by atoms with van der Waals surface area (Å²) in [5.74, 6) is -5.27. The Labute approximate surface area is 148 Å². The van der Waals surface area contributed by atoms with Gasteiger partial charge >= 0.3 is 18.2 Å². The molecular weight excluding hydrogens is 353 g/mol. The highest BCUT2D eigenvalue weighted by Crippen LogP contribution is 2.37. The molecule has 6 nitrogen and oxygen atoms in total. The van der Waals surface area contributed by atoms with Gasteiger partial charge < -0.3 is 20.1 Å². The van der Waals surface area contributed by atoms with Crippen LogP contribution in [0.4, 0.5) is 18.0 Å². The van der Waals surface area contributed by atoms with Crippen LogP contribution in [-0.4, -0.2) is 61.0 Å².